The molecule has 0 aliphatic carbocycles. The molecule has 0 fully saturated rings. The quantitative estimate of drug-likeness (QED) is 0.537. The number of hydrazone groups is 1. The van der Waals surface area contributed by atoms with Crippen molar-refractivity contribution < 1.29 is 20.4 Å². The molecule has 1 aliphatic rings. The van der Waals surface area contributed by atoms with E-state index >= 15 is 0 Å². The zero-order valence-electron chi connectivity index (χ0n) is 13.7. The van der Waals surface area contributed by atoms with Gasteiger partial charge in [-0.15, -0.1) is 0 Å². The average Bonchev–Trinajstić information content (AvgIpc) is 2.98. The van der Waals surface area contributed by atoms with Gasteiger partial charge in [-0.2, -0.15) is 5.10 Å². The van der Waals surface area contributed by atoms with E-state index in [0.717, 1.165) is 11.1 Å². The molecule has 4 atom stereocenters. The zero-order valence-corrected chi connectivity index (χ0v) is 14.6. The van der Waals surface area contributed by atoms with Crippen molar-refractivity contribution in [1.82, 2.24) is 5.43 Å². The number of aliphatic hydroxyl groups is 4. The lowest BCUT2D eigenvalue weighted by atomic mass is 9.73. The van der Waals surface area contributed by atoms with Crippen molar-refractivity contribution >= 4 is 16.8 Å². The molecule has 7 heteroatoms. The van der Waals surface area contributed by atoms with E-state index < -0.39 is 28.8 Å². The van der Waals surface area contributed by atoms with Gasteiger partial charge < -0.3 is 20.4 Å². The van der Waals surface area contributed by atoms with Crippen LogP contribution in [0.4, 0.5) is 0 Å². The number of nitrogens with one attached hydrogen (secondary N) is 1. The van der Waals surface area contributed by atoms with Crippen LogP contribution in [0.2, 0.25) is 0 Å². The zero-order chi connectivity index (χ0) is 17.5. The molecule has 128 valence electrons. The summed E-state index contributed by atoms with van der Waals surface area (Å²) in [6, 6.07) is 7.80. The van der Waals surface area contributed by atoms with Crippen LogP contribution in [0.5, 0.6) is 0 Å². The lowest BCUT2D eigenvalue weighted by Gasteiger charge is -2.48. The van der Waals surface area contributed by atoms with Crippen LogP contribution < -0.4 is 5.43 Å². The minimum absolute atomic E-state index is 0.674. The topological polar surface area (TPSA) is 105 Å². The van der Waals surface area contributed by atoms with Gasteiger partial charge in [0.15, 0.2) is 0 Å². The molecule has 0 saturated heterocycles. The first-order valence-electron chi connectivity index (χ1n) is 7.38. The number of hydrogen-bond donors (Lipinski definition) is 5. The second-order valence-corrected chi connectivity index (χ2v) is 7.66. The maximum atomic E-state index is 10.8. The molecular weight excluding hydrogens is 316 g/mol. The first-order chi connectivity index (χ1) is 10.5. The van der Waals surface area contributed by atoms with Gasteiger partial charge in [0.05, 0.1) is 6.61 Å². The van der Waals surface area contributed by atoms with Crippen molar-refractivity contribution in [2.75, 3.05) is 6.61 Å². The van der Waals surface area contributed by atoms with Gasteiger partial charge >= 0.3 is 0 Å². The molecule has 0 spiro atoms. The number of rotatable bonds is 5. The fourth-order valence-corrected chi connectivity index (χ4v) is 3.47. The molecule has 0 aromatic heterocycles. The van der Waals surface area contributed by atoms with Crippen molar-refractivity contribution in [2.45, 2.75) is 49.9 Å². The van der Waals surface area contributed by atoms with Crippen molar-refractivity contribution in [3.05, 3.63) is 35.4 Å². The Morgan fingerprint density at radius 2 is 1.70 bits per heavy atom. The second-order valence-electron chi connectivity index (χ2n) is 6.56. The summed E-state index contributed by atoms with van der Waals surface area (Å²) in [7, 11) is 0. The molecule has 1 aromatic carbocycles. The standard InChI is InChI=1S/C16H24N2O4S/c1-10-5-7-11(8-6-10)12-17-18-13(23-12)15(3,21)16(4,22)14(2,20)9-19/h5-8,13,18-22H,9H2,1-4H3/t13-,14+,15+,16+/m0/s1. The number of benzene rings is 1. The molecule has 23 heavy (non-hydrogen) atoms. The normalized spacial score (nSPS) is 25.7. The van der Waals surface area contributed by atoms with Gasteiger partial charge in [0.2, 0.25) is 0 Å². The van der Waals surface area contributed by atoms with Gasteiger partial charge in [-0.1, -0.05) is 41.6 Å². The Kier molecular flexibility index (Phi) is 4.81. The number of hydrogen-bond acceptors (Lipinski definition) is 7. The summed E-state index contributed by atoms with van der Waals surface area (Å²) in [5.74, 6) is 0. The van der Waals surface area contributed by atoms with Crippen molar-refractivity contribution in [1.29, 1.82) is 0 Å². The Labute approximate surface area is 140 Å². The van der Waals surface area contributed by atoms with E-state index in [0.29, 0.717) is 5.04 Å². The van der Waals surface area contributed by atoms with Crippen LogP contribution in [0.3, 0.4) is 0 Å². The van der Waals surface area contributed by atoms with Crippen LogP contribution in [0.25, 0.3) is 0 Å². The third kappa shape index (κ3) is 3.12. The largest absolute Gasteiger partial charge is 0.393 e. The van der Waals surface area contributed by atoms with Gasteiger partial charge in [0, 0.05) is 5.56 Å². The number of nitrogens with zero attached hydrogens (tertiary/aromatic N) is 1. The highest BCUT2D eigenvalue weighted by Gasteiger charge is 2.58. The van der Waals surface area contributed by atoms with E-state index in [1.54, 1.807) is 0 Å². The summed E-state index contributed by atoms with van der Waals surface area (Å²) in [6.45, 7) is 5.31. The van der Waals surface area contributed by atoms with E-state index in [-0.39, 0.29) is 0 Å². The monoisotopic (exact) mass is 340 g/mol. The van der Waals surface area contributed by atoms with Gasteiger partial charge in [0.25, 0.3) is 0 Å². The second kappa shape index (κ2) is 6.07. The summed E-state index contributed by atoms with van der Waals surface area (Å²) in [5, 5.41) is 45.3. The Morgan fingerprint density at radius 1 is 1.13 bits per heavy atom. The highest BCUT2D eigenvalue weighted by molar-refractivity contribution is 8.15. The summed E-state index contributed by atoms with van der Waals surface area (Å²) >= 11 is 1.27. The Morgan fingerprint density at radius 3 is 2.22 bits per heavy atom. The van der Waals surface area contributed by atoms with Crippen LogP contribution >= 0.6 is 11.8 Å². The van der Waals surface area contributed by atoms with Gasteiger partial charge in [-0.3, -0.25) is 5.43 Å². The average molecular weight is 340 g/mol. The van der Waals surface area contributed by atoms with E-state index in [1.165, 1.54) is 32.5 Å². The van der Waals surface area contributed by atoms with Gasteiger partial charge in [-0.25, -0.2) is 0 Å². The predicted octanol–water partition coefficient (Wildman–Crippen LogP) is 0.564. The first kappa shape index (κ1) is 18.2. The van der Waals surface area contributed by atoms with E-state index in [1.807, 2.05) is 31.2 Å². The number of aliphatic hydroxyl groups excluding tert-OH is 1. The smallest absolute Gasteiger partial charge is 0.127 e. The van der Waals surface area contributed by atoms with E-state index in [9.17, 15) is 20.4 Å². The minimum atomic E-state index is -1.96. The Hall–Kier alpha value is -1.12. The molecule has 6 nitrogen and oxygen atoms in total. The predicted molar refractivity (Wildman–Crippen MR) is 91.2 cm³/mol. The molecule has 1 aromatic rings. The molecule has 5 N–H and O–H groups in total. The molecule has 0 unspecified atom stereocenters. The highest BCUT2D eigenvalue weighted by atomic mass is 32.2. The maximum Gasteiger partial charge on any atom is 0.127 e. The van der Waals surface area contributed by atoms with Crippen LogP contribution in [0.15, 0.2) is 29.4 Å². The number of aryl methyl sites for hydroxylation is 1. The number of thioether (sulfide) groups is 1. The molecule has 0 radical (unpaired) electrons. The molecule has 1 aliphatic heterocycles. The van der Waals surface area contributed by atoms with Crippen molar-refractivity contribution in [3.63, 3.8) is 0 Å². The SMILES string of the molecule is Cc1ccc(C2=NN[C@H]([C@@](C)(O)[C@](C)(O)[C@](C)(O)CO)S2)cc1. The third-order valence-electron chi connectivity index (χ3n) is 4.66. The summed E-state index contributed by atoms with van der Waals surface area (Å²) in [6.07, 6.45) is 0. The molecule has 0 amide bonds. The summed E-state index contributed by atoms with van der Waals surface area (Å²) in [5.41, 5.74) is -0.732. The van der Waals surface area contributed by atoms with Crippen LogP contribution in [-0.2, 0) is 0 Å². The van der Waals surface area contributed by atoms with E-state index in [4.69, 9.17) is 0 Å². The fourth-order valence-electron chi connectivity index (χ4n) is 2.31. The van der Waals surface area contributed by atoms with Crippen LogP contribution in [0.1, 0.15) is 31.9 Å². The van der Waals surface area contributed by atoms with E-state index in [2.05, 4.69) is 10.5 Å². The highest BCUT2D eigenvalue weighted by Crippen LogP contribution is 2.40. The lowest BCUT2D eigenvalue weighted by molar-refractivity contribution is -0.236. The fraction of sp³-hybridized carbons (Fsp3) is 0.562. The lowest BCUT2D eigenvalue weighted by Crippen LogP contribution is -2.70. The Bertz CT molecular complexity index is 597. The molecule has 0 bridgehead atoms. The molecule has 0 saturated carbocycles. The van der Waals surface area contributed by atoms with Crippen molar-refractivity contribution in [3.8, 4) is 0 Å². The van der Waals surface area contributed by atoms with Gasteiger partial charge in [-0.05, 0) is 27.7 Å². The summed E-state index contributed by atoms with van der Waals surface area (Å²) < 4.78 is 0. The maximum absolute atomic E-state index is 10.8. The first-order valence-corrected chi connectivity index (χ1v) is 8.26. The summed E-state index contributed by atoms with van der Waals surface area (Å²) in [4.78, 5) is 0. The van der Waals surface area contributed by atoms with Crippen molar-refractivity contribution in [2.24, 2.45) is 5.10 Å². The minimum Gasteiger partial charge on any atom is -0.393 e. The molecule has 1 heterocycles. The van der Waals surface area contributed by atoms with Crippen LogP contribution in [0, 0.1) is 6.92 Å². The Balaban J connectivity index is 2.20. The third-order valence-corrected chi connectivity index (χ3v) is 6.01. The van der Waals surface area contributed by atoms with Gasteiger partial charge in [0.1, 0.15) is 27.2 Å². The molecule has 2 rings (SSSR count). The molecular formula is C16H24N2O4S. The van der Waals surface area contributed by atoms with Crippen LogP contribution in [-0.4, -0.2) is 54.3 Å².